The van der Waals surface area contributed by atoms with Crippen LogP contribution < -0.4 is 10.5 Å². The number of methoxy groups -OCH3 is 1. The van der Waals surface area contributed by atoms with E-state index in [4.69, 9.17) is 10.5 Å². The van der Waals surface area contributed by atoms with Gasteiger partial charge in [-0.3, -0.25) is 9.59 Å². The zero-order valence-corrected chi connectivity index (χ0v) is 27.6. The largest absolute Gasteiger partial charge is 0.496 e. The zero-order chi connectivity index (χ0) is 31.1. The highest BCUT2D eigenvalue weighted by molar-refractivity contribution is 5.97. The van der Waals surface area contributed by atoms with Crippen molar-refractivity contribution in [3.63, 3.8) is 0 Å². The average Bonchev–Trinajstić information content (AvgIpc) is 2.97. The van der Waals surface area contributed by atoms with Crippen LogP contribution in [0.2, 0.25) is 0 Å². The van der Waals surface area contributed by atoms with Gasteiger partial charge in [0.25, 0.3) is 0 Å². The van der Waals surface area contributed by atoms with Gasteiger partial charge in [0.05, 0.1) is 7.11 Å². The van der Waals surface area contributed by atoms with Crippen LogP contribution >= 0.6 is 0 Å². The number of hydrogen-bond acceptors (Lipinski definition) is 4. The van der Waals surface area contributed by atoms with Gasteiger partial charge in [0.2, 0.25) is 0 Å². The topological polar surface area (TPSA) is 69.4 Å². The lowest BCUT2D eigenvalue weighted by Gasteiger charge is -2.33. The first-order valence-corrected chi connectivity index (χ1v) is 16.4. The van der Waals surface area contributed by atoms with Crippen LogP contribution in [-0.4, -0.2) is 18.7 Å². The number of hydrogen-bond donors (Lipinski definition) is 1. The maximum atomic E-state index is 12.9. The molecule has 1 aliphatic rings. The summed E-state index contributed by atoms with van der Waals surface area (Å²) in [5.74, 6) is 2.87. The summed E-state index contributed by atoms with van der Waals surface area (Å²) in [5.41, 5.74) is 12.1. The van der Waals surface area contributed by atoms with E-state index in [1.807, 2.05) is 30.4 Å². The summed E-state index contributed by atoms with van der Waals surface area (Å²) in [5, 5.41) is 0. The Morgan fingerprint density at radius 2 is 1.62 bits per heavy atom. The lowest BCUT2D eigenvalue weighted by molar-refractivity contribution is -0.119. The van der Waals surface area contributed by atoms with Gasteiger partial charge in [-0.05, 0) is 111 Å². The van der Waals surface area contributed by atoms with Crippen molar-refractivity contribution in [3.05, 3.63) is 70.3 Å². The predicted molar refractivity (Wildman–Crippen MR) is 179 cm³/mol. The molecule has 4 heteroatoms. The van der Waals surface area contributed by atoms with E-state index in [9.17, 15) is 9.59 Å². The number of Topliss-reactive ketones (excluding diaryl/α,β-unsaturated/α-hetero) is 1. The summed E-state index contributed by atoms with van der Waals surface area (Å²) in [7, 11) is 1.71. The molecule has 0 saturated heterocycles. The van der Waals surface area contributed by atoms with E-state index in [1.165, 1.54) is 24.8 Å². The van der Waals surface area contributed by atoms with Crippen molar-refractivity contribution in [3.8, 4) is 5.75 Å². The number of ketones is 2. The number of allylic oxidation sites excluding steroid dienone is 2. The molecular weight excluding hydrogens is 518 g/mol. The second-order valence-electron chi connectivity index (χ2n) is 12.2. The number of aryl methyl sites for hydroxylation is 3. The van der Waals surface area contributed by atoms with Crippen LogP contribution in [0.5, 0.6) is 5.75 Å². The Kier molecular flexibility index (Phi) is 15.7. The molecule has 1 saturated carbocycles. The molecule has 0 aromatic heterocycles. The molecule has 2 aromatic carbocycles. The first kappa shape index (κ1) is 35.3. The number of rotatable bonds is 14. The Morgan fingerprint density at radius 3 is 2.17 bits per heavy atom. The normalized spacial score (nSPS) is 17.4. The second-order valence-corrected chi connectivity index (χ2v) is 12.2. The molecule has 2 aromatic rings. The van der Waals surface area contributed by atoms with Gasteiger partial charge in [-0.15, -0.1) is 0 Å². The number of anilines is 1. The molecule has 0 spiro atoms. The van der Waals surface area contributed by atoms with E-state index in [0.29, 0.717) is 18.3 Å². The van der Waals surface area contributed by atoms with Crippen molar-refractivity contribution in [2.24, 2.45) is 17.8 Å². The Balaban J connectivity index is 0.00000197. The fourth-order valence-corrected chi connectivity index (χ4v) is 6.55. The van der Waals surface area contributed by atoms with Gasteiger partial charge in [-0.1, -0.05) is 77.3 Å². The summed E-state index contributed by atoms with van der Waals surface area (Å²) >= 11 is 0. The van der Waals surface area contributed by atoms with Crippen LogP contribution in [-0.2, 0) is 17.6 Å². The van der Waals surface area contributed by atoms with Gasteiger partial charge in [0, 0.05) is 23.6 Å². The van der Waals surface area contributed by atoms with Crippen molar-refractivity contribution in [1.82, 2.24) is 0 Å². The number of nitrogens with two attached hydrogens (primary N) is 1. The Labute approximate surface area is 256 Å². The highest BCUT2D eigenvalue weighted by Gasteiger charge is 2.29. The SMILES string of the molecule is CCC.CCCC(CCCC(=O)c1ccc(CC)c(N)c1)C1CCC(C(=O)C=CCc2cc(C)c(OC)c(C)c2)CC1. The molecule has 0 bridgehead atoms. The van der Waals surface area contributed by atoms with Crippen molar-refractivity contribution in [2.75, 3.05) is 12.8 Å². The first-order chi connectivity index (χ1) is 20.2. The molecule has 4 nitrogen and oxygen atoms in total. The monoisotopic (exact) mass is 575 g/mol. The van der Waals surface area contributed by atoms with Crippen LogP contribution in [0.15, 0.2) is 42.5 Å². The molecule has 0 heterocycles. The third-order valence-electron chi connectivity index (χ3n) is 8.69. The van der Waals surface area contributed by atoms with Gasteiger partial charge in [-0.2, -0.15) is 0 Å². The standard InChI is InChI=1S/C35H49NO3.C3H8/c1-6-10-28(12-9-14-34(38)31-20-15-27(7-2)32(36)23-31)29-16-18-30(19-17-29)33(37)13-8-11-26-21-24(3)35(39-5)25(4)22-26;1-3-2/h8,13,15,20-23,28-30H,6-7,9-12,14,16-19,36H2,1-5H3;3H2,1-2H3. The Hall–Kier alpha value is -2.88. The minimum absolute atomic E-state index is 0.150. The van der Waals surface area contributed by atoms with Crippen molar-refractivity contribution >= 4 is 17.3 Å². The van der Waals surface area contributed by atoms with Gasteiger partial charge in [0.1, 0.15) is 5.75 Å². The molecule has 3 rings (SSSR count). The molecule has 0 radical (unpaired) electrons. The third-order valence-corrected chi connectivity index (χ3v) is 8.69. The van der Waals surface area contributed by atoms with Crippen LogP contribution in [0.4, 0.5) is 5.69 Å². The van der Waals surface area contributed by atoms with Crippen LogP contribution in [0.25, 0.3) is 0 Å². The first-order valence-electron chi connectivity index (χ1n) is 16.4. The number of nitrogen functional groups attached to an aromatic ring is 1. The molecule has 1 atom stereocenters. The highest BCUT2D eigenvalue weighted by Crippen LogP contribution is 2.38. The molecule has 2 N–H and O–H groups in total. The fourth-order valence-electron chi connectivity index (χ4n) is 6.55. The minimum atomic E-state index is 0.150. The van der Waals surface area contributed by atoms with Gasteiger partial charge < -0.3 is 10.5 Å². The molecule has 232 valence electrons. The summed E-state index contributed by atoms with van der Waals surface area (Å²) < 4.78 is 5.46. The molecule has 0 amide bonds. The quantitative estimate of drug-likeness (QED) is 0.138. The minimum Gasteiger partial charge on any atom is -0.496 e. The van der Waals surface area contributed by atoms with Crippen LogP contribution in [0, 0.1) is 31.6 Å². The lowest BCUT2D eigenvalue weighted by Crippen LogP contribution is -2.25. The van der Waals surface area contributed by atoms with Crippen molar-refractivity contribution in [1.29, 1.82) is 0 Å². The smallest absolute Gasteiger partial charge is 0.162 e. The number of carbonyl (C=O) groups excluding carboxylic acids is 2. The Morgan fingerprint density at radius 1 is 0.976 bits per heavy atom. The number of ether oxygens (including phenoxy) is 1. The lowest BCUT2D eigenvalue weighted by atomic mass is 9.72. The van der Waals surface area contributed by atoms with Gasteiger partial charge >= 0.3 is 0 Å². The summed E-state index contributed by atoms with van der Waals surface area (Å²) in [6.07, 6.45) is 15.9. The summed E-state index contributed by atoms with van der Waals surface area (Å²) in [6, 6.07) is 10.0. The van der Waals surface area contributed by atoms with E-state index in [2.05, 4.69) is 53.7 Å². The fraction of sp³-hybridized carbons (Fsp3) is 0.579. The summed E-state index contributed by atoms with van der Waals surface area (Å²) in [4.78, 5) is 25.7. The summed E-state index contributed by atoms with van der Waals surface area (Å²) in [6.45, 7) is 12.7. The van der Waals surface area contributed by atoms with E-state index in [0.717, 1.165) is 85.1 Å². The van der Waals surface area contributed by atoms with Crippen molar-refractivity contribution in [2.45, 2.75) is 119 Å². The van der Waals surface area contributed by atoms with Crippen LogP contribution in [0.1, 0.15) is 125 Å². The molecule has 1 unspecified atom stereocenters. The maximum Gasteiger partial charge on any atom is 0.162 e. The van der Waals surface area contributed by atoms with E-state index >= 15 is 0 Å². The van der Waals surface area contributed by atoms with Gasteiger partial charge in [0.15, 0.2) is 11.6 Å². The highest BCUT2D eigenvalue weighted by atomic mass is 16.5. The molecule has 0 aliphatic heterocycles. The molecule has 1 fully saturated rings. The second kappa shape index (κ2) is 18.6. The van der Waals surface area contributed by atoms with Crippen LogP contribution in [0.3, 0.4) is 0 Å². The average molecular weight is 576 g/mol. The predicted octanol–water partition coefficient (Wildman–Crippen LogP) is 9.82. The third kappa shape index (κ3) is 10.7. The number of carbonyl (C=O) groups is 2. The van der Waals surface area contributed by atoms with E-state index in [-0.39, 0.29) is 17.5 Å². The molecule has 1 aliphatic carbocycles. The van der Waals surface area contributed by atoms with E-state index < -0.39 is 0 Å². The van der Waals surface area contributed by atoms with Crippen molar-refractivity contribution < 1.29 is 14.3 Å². The van der Waals surface area contributed by atoms with E-state index in [1.54, 1.807) is 7.11 Å². The molecule has 42 heavy (non-hydrogen) atoms. The number of benzene rings is 2. The maximum absolute atomic E-state index is 12.9. The van der Waals surface area contributed by atoms with Gasteiger partial charge in [-0.25, -0.2) is 0 Å². The molecular formula is C38H57NO3. The Bertz CT molecular complexity index is 1130. The zero-order valence-electron chi connectivity index (χ0n) is 27.6.